The zero-order chi connectivity index (χ0) is 15.6. The third-order valence-electron chi connectivity index (χ3n) is 2.48. The maximum atomic E-state index is 11.9. The normalized spacial score (nSPS) is 11.9. The highest BCUT2D eigenvalue weighted by Gasteiger charge is 2.22. The number of carbonyl (C=O) groups is 2. The number of hydrogen-bond donors (Lipinski definition) is 3. The molecule has 0 radical (unpaired) electrons. The van der Waals surface area contributed by atoms with Gasteiger partial charge in [-0.05, 0) is 58.9 Å². The molecule has 0 aliphatic heterocycles. The summed E-state index contributed by atoms with van der Waals surface area (Å²) in [6, 6.07) is 6.70. The minimum atomic E-state index is -0.942. The lowest BCUT2D eigenvalue weighted by molar-refractivity contribution is -0.120. The average molecular weight is 277 g/mol. The van der Waals surface area contributed by atoms with Crippen LogP contribution in [-0.4, -0.2) is 22.9 Å². The van der Waals surface area contributed by atoms with E-state index in [0.717, 1.165) is 0 Å². The van der Waals surface area contributed by atoms with Crippen LogP contribution in [0.4, 0.5) is 5.69 Å². The fourth-order valence-electron chi connectivity index (χ4n) is 1.41. The van der Waals surface area contributed by atoms with E-state index in [0.29, 0.717) is 11.3 Å². The van der Waals surface area contributed by atoms with Gasteiger partial charge in [-0.2, -0.15) is 0 Å². The third-order valence-corrected chi connectivity index (χ3v) is 2.48. The minimum absolute atomic E-state index is 0.144. The summed E-state index contributed by atoms with van der Waals surface area (Å²) in [5.41, 5.74) is 5.63. The number of benzene rings is 1. The Morgan fingerprint density at radius 1 is 1.00 bits per heavy atom. The number of amides is 2. The van der Waals surface area contributed by atoms with Gasteiger partial charge < -0.3 is 16.4 Å². The molecular weight excluding hydrogens is 254 g/mol. The summed E-state index contributed by atoms with van der Waals surface area (Å²) in [5, 5.41) is 5.57. The van der Waals surface area contributed by atoms with E-state index in [1.807, 2.05) is 20.8 Å². The Hall–Kier alpha value is -1.88. The highest BCUT2D eigenvalue weighted by atomic mass is 16.2. The van der Waals surface area contributed by atoms with E-state index >= 15 is 0 Å². The lowest BCUT2D eigenvalue weighted by atomic mass is 10.1. The first-order valence-corrected chi connectivity index (χ1v) is 6.52. The van der Waals surface area contributed by atoms with Crippen molar-refractivity contribution in [1.29, 1.82) is 0 Å². The zero-order valence-corrected chi connectivity index (χ0v) is 12.7. The molecule has 0 spiro atoms. The molecule has 20 heavy (non-hydrogen) atoms. The van der Waals surface area contributed by atoms with E-state index < -0.39 is 5.54 Å². The summed E-state index contributed by atoms with van der Waals surface area (Å²) in [4.78, 5) is 23.7. The Labute approximate surface area is 119 Å². The number of nitrogens with one attached hydrogen (secondary N) is 2. The maximum absolute atomic E-state index is 11.9. The van der Waals surface area contributed by atoms with Gasteiger partial charge in [-0.25, -0.2) is 0 Å². The Bertz CT molecular complexity index is 493. The summed E-state index contributed by atoms with van der Waals surface area (Å²) in [6.07, 6.45) is 0. The van der Waals surface area contributed by atoms with Gasteiger partial charge in [-0.15, -0.1) is 0 Å². The quantitative estimate of drug-likeness (QED) is 0.789. The highest BCUT2D eigenvalue weighted by Crippen LogP contribution is 2.12. The van der Waals surface area contributed by atoms with E-state index in [1.165, 1.54) is 0 Å². The molecule has 0 bridgehead atoms. The predicted molar refractivity (Wildman–Crippen MR) is 80.6 cm³/mol. The van der Waals surface area contributed by atoms with Crippen LogP contribution in [0.25, 0.3) is 0 Å². The number of hydrogen-bond acceptors (Lipinski definition) is 3. The molecule has 0 unspecified atom stereocenters. The van der Waals surface area contributed by atoms with Crippen LogP contribution in [0, 0.1) is 0 Å². The van der Waals surface area contributed by atoms with E-state index in [2.05, 4.69) is 10.6 Å². The summed E-state index contributed by atoms with van der Waals surface area (Å²) < 4.78 is 0. The summed E-state index contributed by atoms with van der Waals surface area (Å²) in [6.45, 7) is 9.02. The van der Waals surface area contributed by atoms with Gasteiger partial charge in [0.1, 0.15) is 0 Å². The van der Waals surface area contributed by atoms with Gasteiger partial charge in [-0.3, -0.25) is 9.59 Å². The first-order chi connectivity index (χ1) is 8.99. The molecule has 1 rings (SSSR count). The minimum Gasteiger partial charge on any atom is -0.347 e. The molecule has 0 heterocycles. The molecule has 0 aliphatic rings. The Morgan fingerprint density at radius 2 is 1.50 bits per heavy atom. The van der Waals surface area contributed by atoms with Crippen molar-refractivity contribution in [2.45, 2.75) is 45.7 Å². The molecule has 5 heteroatoms. The molecule has 0 fully saturated rings. The first kappa shape index (κ1) is 16.2. The van der Waals surface area contributed by atoms with Crippen molar-refractivity contribution < 1.29 is 9.59 Å². The van der Waals surface area contributed by atoms with Crippen LogP contribution in [-0.2, 0) is 4.79 Å². The second kappa shape index (κ2) is 5.63. The van der Waals surface area contributed by atoms with Crippen LogP contribution >= 0.6 is 0 Å². The lowest BCUT2D eigenvalue weighted by Gasteiger charge is -2.21. The van der Waals surface area contributed by atoms with Crippen molar-refractivity contribution in [3.8, 4) is 0 Å². The molecule has 2 amide bonds. The second-order valence-corrected chi connectivity index (χ2v) is 6.46. The zero-order valence-electron chi connectivity index (χ0n) is 12.7. The topological polar surface area (TPSA) is 84.2 Å². The van der Waals surface area contributed by atoms with Crippen molar-refractivity contribution >= 4 is 17.5 Å². The van der Waals surface area contributed by atoms with Crippen LogP contribution in [0.1, 0.15) is 45.0 Å². The molecule has 0 aliphatic carbocycles. The van der Waals surface area contributed by atoms with Crippen molar-refractivity contribution in [3.05, 3.63) is 29.8 Å². The first-order valence-electron chi connectivity index (χ1n) is 6.52. The van der Waals surface area contributed by atoms with Crippen molar-refractivity contribution in [2.24, 2.45) is 5.73 Å². The molecule has 0 saturated carbocycles. The number of carbonyl (C=O) groups excluding carboxylic acids is 2. The van der Waals surface area contributed by atoms with Gasteiger partial charge in [-0.1, -0.05) is 0 Å². The van der Waals surface area contributed by atoms with E-state index in [1.54, 1.807) is 38.1 Å². The number of nitrogens with two attached hydrogens (primary N) is 1. The summed E-state index contributed by atoms with van der Waals surface area (Å²) in [7, 11) is 0. The van der Waals surface area contributed by atoms with E-state index in [9.17, 15) is 9.59 Å². The standard InChI is InChI=1S/C15H23N3O2/c1-14(2,3)18-12(19)10-6-8-11(9-7-10)17-13(20)15(4,5)16/h6-9H,16H2,1-5H3,(H,17,20)(H,18,19). The van der Waals surface area contributed by atoms with Gasteiger partial charge in [0, 0.05) is 16.8 Å². The molecule has 1 aromatic carbocycles. The molecular formula is C15H23N3O2. The molecule has 110 valence electrons. The third kappa shape index (κ3) is 5.01. The van der Waals surface area contributed by atoms with Crippen LogP contribution in [0.2, 0.25) is 0 Å². The SMILES string of the molecule is CC(C)(C)NC(=O)c1ccc(NC(=O)C(C)(C)N)cc1. The van der Waals surface area contributed by atoms with E-state index in [-0.39, 0.29) is 17.4 Å². The highest BCUT2D eigenvalue weighted by molar-refractivity contribution is 5.98. The van der Waals surface area contributed by atoms with E-state index in [4.69, 9.17) is 5.73 Å². The fourth-order valence-corrected chi connectivity index (χ4v) is 1.41. The molecule has 5 nitrogen and oxygen atoms in total. The van der Waals surface area contributed by atoms with Gasteiger partial charge >= 0.3 is 0 Å². The Balaban J connectivity index is 2.75. The Kier molecular flexibility index (Phi) is 4.55. The van der Waals surface area contributed by atoms with Gasteiger partial charge in [0.15, 0.2) is 0 Å². The average Bonchev–Trinajstić information content (AvgIpc) is 2.26. The molecule has 0 saturated heterocycles. The van der Waals surface area contributed by atoms with Crippen LogP contribution in [0.3, 0.4) is 0 Å². The molecule has 0 aromatic heterocycles. The number of rotatable bonds is 3. The fraction of sp³-hybridized carbons (Fsp3) is 0.467. The monoisotopic (exact) mass is 277 g/mol. The van der Waals surface area contributed by atoms with Crippen LogP contribution in [0.15, 0.2) is 24.3 Å². The lowest BCUT2D eigenvalue weighted by Crippen LogP contribution is -2.45. The molecule has 4 N–H and O–H groups in total. The maximum Gasteiger partial charge on any atom is 0.251 e. The van der Waals surface area contributed by atoms with Gasteiger partial charge in [0.05, 0.1) is 5.54 Å². The second-order valence-electron chi connectivity index (χ2n) is 6.46. The molecule has 0 atom stereocenters. The summed E-state index contributed by atoms with van der Waals surface area (Å²) in [5.74, 6) is -0.418. The van der Waals surface area contributed by atoms with Crippen molar-refractivity contribution in [3.63, 3.8) is 0 Å². The van der Waals surface area contributed by atoms with Crippen LogP contribution in [0.5, 0.6) is 0 Å². The smallest absolute Gasteiger partial charge is 0.251 e. The van der Waals surface area contributed by atoms with Crippen molar-refractivity contribution in [1.82, 2.24) is 5.32 Å². The largest absolute Gasteiger partial charge is 0.347 e. The van der Waals surface area contributed by atoms with Gasteiger partial charge in [0.2, 0.25) is 5.91 Å². The van der Waals surface area contributed by atoms with Crippen molar-refractivity contribution in [2.75, 3.05) is 5.32 Å². The molecule has 1 aromatic rings. The predicted octanol–water partition coefficient (Wildman–Crippen LogP) is 1.89. The Morgan fingerprint density at radius 3 is 1.90 bits per heavy atom. The van der Waals surface area contributed by atoms with Gasteiger partial charge in [0.25, 0.3) is 5.91 Å². The number of anilines is 1. The van der Waals surface area contributed by atoms with Crippen LogP contribution < -0.4 is 16.4 Å². The summed E-state index contributed by atoms with van der Waals surface area (Å²) >= 11 is 0.